The van der Waals surface area contributed by atoms with Crippen LogP contribution in [0.3, 0.4) is 0 Å². The fraction of sp³-hybridized carbons (Fsp3) is 0.270. The Morgan fingerprint density at radius 1 is 1.02 bits per heavy atom. The third kappa shape index (κ3) is 6.83. The minimum Gasteiger partial charge on any atom is -0.493 e. The summed E-state index contributed by atoms with van der Waals surface area (Å²) < 4.78 is 58.7. The summed E-state index contributed by atoms with van der Waals surface area (Å²) in [4.78, 5) is 31.5. The Kier molecular flexibility index (Phi) is 9.23. The highest BCUT2D eigenvalue weighted by atomic mass is 19.1. The fourth-order valence-corrected chi connectivity index (χ4v) is 5.83. The molecular formula is C37H33F2N3O7. The molecule has 2 aromatic heterocycles. The van der Waals surface area contributed by atoms with Gasteiger partial charge in [0.1, 0.15) is 22.9 Å². The van der Waals surface area contributed by atoms with Gasteiger partial charge in [-0.1, -0.05) is 6.07 Å². The van der Waals surface area contributed by atoms with Gasteiger partial charge in [-0.25, -0.2) is 8.78 Å². The van der Waals surface area contributed by atoms with Gasteiger partial charge in [-0.05, 0) is 67.1 Å². The molecule has 2 aliphatic rings. The molecule has 0 aliphatic carbocycles. The molecular weight excluding hydrogens is 636 g/mol. The molecule has 1 N–H and O–H groups in total. The van der Waals surface area contributed by atoms with Crippen LogP contribution >= 0.6 is 0 Å². The van der Waals surface area contributed by atoms with E-state index in [-0.39, 0.29) is 23.5 Å². The Morgan fingerprint density at radius 3 is 2.61 bits per heavy atom. The number of rotatable bonds is 13. The zero-order valence-corrected chi connectivity index (χ0v) is 26.7. The number of nitrogens with zero attached hydrogens (tertiary/aromatic N) is 2. The summed E-state index contributed by atoms with van der Waals surface area (Å²) in [6.07, 6.45) is 4.22. The summed E-state index contributed by atoms with van der Waals surface area (Å²) in [7, 11) is 1.54. The first-order chi connectivity index (χ1) is 23.9. The molecule has 252 valence electrons. The normalized spacial score (nSPS) is 13.9. The minimum atomic E-state index is -0.692. The lowest BCUT2D eigenvalue weighted by Gasteiger charge is -2.26. The number of ketones is 1. The highest BCUT2D eigenvalue weighted by Gasteiger charge is 2.27. The first kappa shape index (κ1) is 32.2. The minimum absolute atomic E-state index is 0.0602. The van der Waals surface area contributed by atoms with E-state index in [2.05, 4.69) is 10.3 Å². The number of hydrogen-bond acceptors (Lipinski definition) is 9. The predicted molar refractivity (Wildman–Crippen MR) is 177 cm³/mol. The lowest BCUT2D eigenvalue weighted by Crippen LogP contribution is -2.46. The van der Waals surface area contributed by atoms with Crippen molar-refractivity contribution in [3.63, 3.8) is 0 Å². The number of ether oxygens (including phenoxy) is 5. The third-order valence-electron chi connectivity index (χ3n) is 8.46. The van der Waals surface area contributed by atoms with Crippen LogP contribution in [-0.2, 0) is 17.6 Å². The van der Waals surface area contributed by atoms with E-state index in [1.165, 1.54) is 48.1 Å². The first-order valence-electron chi connectivity index (χ1n) is 16.0. The number of hydrogen-bond donors (Lipinski definition) is 1. The number of halogens is 2. The molecule has 0 atom stereocenters. The van der Waals surface area contributed by atoms with Crippen LogP contribution in [0.4, 0.5) is 8.78 Å². The molecule has 7 rings (SSSR count). The number of fused-ring (bicyclic) bond motifs is 2. The Hall–Kier alpha value is -5.33. The highest BCUT2D eigenvalue weighted by Crippen LogP contribution is 2.38. The second kappa shape index (κ2) is 14.0. The predicted octanol–water partition coefficient (Wildman–Crippen LogP) is 5.58. The maximum atomic E-state index is 15.5. The highest BCUT2D eigenvalue weighted by molar-refractivity contribution is 6.00. The molecule has 2 aliphatic heterocycles. The molecule has 1 saturated heterocycles. The summed E-state index contributed by atoms with van der Waals surface area (Å²) in [6, 6.07) is 15.1. The van der Waals surface area contributed by atoms with Gasteiger partial charge >= 0.3 is 0 Å². The number of nitrogens with one attached hydrogen (secondary N) is 1. The molecule has 12 heteroatoms. The van der Waals surface area contributed by atoms with E-state index < -0.39 is 23.0 Å². The van der Waals surface area contributed by atoms with Crippen LogP contribution in [0.25, 0.3) is 16.6 Å². The molecule has 0 spiro atoms. The van der Waals surface area contributed by atoms with Crippen molar-refractivity contribution in [2.75, 3.05) is 40.1 Å². The Labute approximate surface area is 280 Å². The Morgan fingerprint density at radius 2 is 1.86 bits per heavy atom. The van der Waals surface area contributed by atoms with Gasteiger partial charge in [0.25, 0.3) is 5.56 Å². The van der Waals surface area contributed by atoms with E-state index in [0.29, 0.717) is 70.6 Å². The lowest BCUT2D eigenvalue weighted by molar-refractivity contribution is -0.00523. The van der Waals surface area contributed by atoms with Crippen molar-refractivity contribution in [3.05, 3.63) is 112 Å². The summed E-state index contributed by atoms with van der Waals surface area (Å²) in [5.41, 5.74) is 1.30. The summed E-state index contributed by atoms with van der Waals surface area (Å²) in [5, 5.41) is 3.99. The third-order valence-corrected chi connectivity index (χ3v) is 8.46. The first-order valence-corrected chi connectivity index (χ1v) is 16.0. The standard InChI is InChI=1S/C37H33F2N3O7/c1-45-33-17-27-29(18-34(33)47-13-2-11-40-25-20-46-21-25)41-12-9-31(27)49-32-8-3-22(15-28(32)39)16-30(43)35-36-23(10-14-48-36)19-42(37(35)44)26-6-4-24(38)5-7-26/h3-9,12,15,17-19,25,40H,2,10-11,13-14,16,20-21H2,1H3. The summed E-state index contributed by atoms with van der Waals surface area (Å²) >= 11 is 0. The topological polar surface area (TPSA) is 110 Å². The van der Waals surface area contributed by atoms with Gasteiger partial charge in [-0.3, -0.25) is 19.1 Å². The van der Waals surface area contributed by atoms with Gasteiger partial charge in [0.15, 0.2) is 28.8 Å². The number of benzene rings is 3. The smallest absolute Gasteiger partial charge is 0.269 e. The zero-order chi connectivity index (χ0) is 33.9. The van der Waals surface area contributed by atoms with E-state index in [1.807, 2.05) is 0 Å². The number of Topliss-reactive ketones (excluding diaryl/α,β-unsaturated/α-hetero) is 1. The van der Waals surface area contributed by atoms with Gasteiger partial charge in [0.05, 0.1) is 45.1 Å². The molecule has 0 bridgehead atoms. The largest absolute Gasteiger partial charge is 0.493 e. The van der Waals surface area contributed by atoms with Crippen LogP contribution in [0.5, 0.6) is 28.7 Å². The summed E-state index contributed by atoms with van der Waals surface area (Å²) in [6.45, 7) is 3.07. The van der Waals surface area contributed by atoms with Gasteiger partial charge in [0, 0.05) is 47.9 Å². The molecule has 10 nitrogen and oxygen atoms in total. The number of pyridine rings is 2. The number of aromatic nitrogens is 2. The van der Waals surface area contributed by atoms with E-state index in [0.717, 1.165) is 26.2 Å². The monoisotopic (exact) mass is 669 g/mol. The van der Waals surface area contributed by atoms with E-state index >= 15 is 4.39 Å². The maximum Gasteiger partial charge on any atom is 0.269 e. The van der Waals surface area contributed by atoms with Crippen molar-refractivity contribution >= 4 is 16.7 Å². The molecule has 1 fully saturated rings. The van der Waals surface area contributed by atoms with Gasteiger partial charge in [0.2, 0.25) is 0 Å². The lowest BCUT2D eigenvalue weighted by atomic mass is 10.0. The molecule has 49 heavy (non-hydrogen) atoms. The van der Waals surface area contributed by atoms with Crippen LogP contribution < -0.4 is 29.8 Å². The fourth-order valence-electron chi connectivity index (χ4n) is 5.83. The van der Waals surface area contributed by atoms with Gasteiger partial charge in [-0.2, -0.15) is 0 Å². The number of methoxy groups -OCH3 is 1. The Bertz CT molecular complexity index is 2080. The van der Waals surface area contributed by atoms with E-state index in [4.69, 9.17) is 23.7 Å². The zero-order valence-electron chi connectivity index (χ0n) is 26.7. The second-order valence-corrected chi connectivity index (χ2v) is 11.8. The molecule has 4 heterocycles. The molecule has 0 radical (unpaired) electrons. The Balaban J connectivity index is 1.08. The molecule has 3 aromatic carbocycles. The van der Waals surface area contributed by atoms with E-state index in [1.54, 1.807) is 36.7 Å². The second-order valence-electron chi connectivity index (χ2n) is 11.8. The van der Waals surface area contributed by atoms with Gasteiger partial charge < -0.3 is 29.0 Å². The molecule has 0 amide bonds. The van der Waals surface area contributed by atoms with Crippen molar-refractivity contribution in [1.82, 2.24) is 14.9 Å². The van der Waals surface area contributed by atoms with E-state index in [9.17, 15) is 14.0 Å². The SMILES string of the molecule is COc1cc2c(Oc3ccc(CC(=O)c4c5c(cn(-c6ccc(F)cc6)c4=O)CCO5)cc3F)ccnc2cc1OCCCNC1COC1. The molecule has 5 aromatic rings. The van der Waals surface area contributed by atoms with Crippen LogP contribution in [0.2, 0.25) is 0 Å². The number of carbonyl (C=O) groups is 1. The van der Waals surface area contributed by atoms with Crippen LogP contribution in [0, 0.1) is 11.6 Å². The average Bonchev–Trinajstić information content (AvgIpc) is 3.54. The van der Waals surface area contributed by atoms with Crippen molar-refractivity contribution < 1.29 is 37.3 Å². The molecule has 0 unspecified atom stereocenters. The van der Waals surface area contributed by atoms with Gasteiger partial charge in [-0.15, -0.1) is 0 Å². The quantitative estimate of drug-likeness (QED) is 0.127. The van der Waals surface area contributed by atoms with Crippen molar-refractivity contribution in [2.45, 2.75) is 25.3 Å². The summed E-state index contributed by atoms with van der Waals surface area (Å²) in [5.74, 6) is -0.125. The van der Waals surface area contributed by atoms with Crippen LogP contribution in [0.15, 0.2) is 77.9 Å². The van der Waals surface area contributed by atoms with Crippen molar-refractivity contribution in [1.29, 1.82) is 0 Å². The van der Waals surface area contributed by atoms with Crippen molar-refractivity contribution in [2.24, 2.45) is 0 Å². The number of carbonyl (C=O) groups excluding carboxylic acids is 1. The van der Waals surface area contributed by atoms with Crippen molar-refractivity contribution in [3.8, 4) is 34.4 Å². The van der Waals surface area contributed by atoms with Crippen LogP contribution in [-0.4, -0.2) is 61.5 Å². The van der Waals surface area contributed by atoms with Crippen LogP contribution in [0.1, 0.15) is 27.9 Å². The molecule has 0 saturated carbocycles. The maximum absolute atomic E-state index is 15.5. The average molecular weight is 670 g/mol.